The molecule has 0 aliphatic heterocycles. The molecule has 5 heteroatoms. The van der Waals surface area contributed by atoms with E-state index in [1.807, 2.05) is 17.5 Å². The fourth-order valence-corrected chi connectivity index (χ4v) is 3.60. The molecule has 3 rings (SSSR count). The lowest BCUT2D eigenvalue weighted by Crippen LogP contribution is -2.36. The maximum absolute atomic E-state index is 12.4. The van der Waals surface area contributed by atoms with E-state index in [0.29, 0.717) is 11.3 Å². The van der Waals surface area contributed by atoms with Gasteiger partial charge in [0, 0.05) is 28.2 Å². The topological polar surface area (TPSA) is 58.2 Å². The van der Waals surface area contributed by atoms with Gasteiger partial charge in [-0.3, -0.25) is 9.59 Å². The molecule has 0 unspecified atom stereocenters. The predicted molar refractivity (Wildman–Crippen MR) is 103 cm³/mol. The summed E-state index contributed by atoms with van der Waals surface area (Å²) in [5, 5.41) is 7.86. The van der Waals surface area contributed by atoms with E-state index in [9.17, 15) is 9.59 Å². The average Bonchev–Trinajstić information content (AvgIpc) is 3.15. The number of nitrogens with one attached hydrogen (secondary N) is 2. The second kappa shape index (κ2) is 8.62. The van der Waals surface area contributed by atoms with E-state index in [0.717, 1.165) is 17.7 Å². The van der Waals surface area contributed by atoms with Crippen LogP contribution >= 0.6 is 11.3 Å². The van der Waals surface area contributed by atoms with Crippen LogP contribution in [0.3, 0.4) is 0 Å². The lowest BCUT2D eigenvalue weighted by Gasteiger charge is -2.22. The van der Waals surface area contributed by atoms with Crippen LogP contribution in [-0.4, -0.2) is 17.9 Å². The van der Waals surface area contributed by atoms with Crippen molar-refractivity contribution in [1.29, 1.82) is 0 Å². The summed E-state index contributed by atoms with van der Waals surface area (Å²) in [6, 6.07) is 11.2. The smallest absolute Gasteiger partial charge is 0.251 e. The van der Waals surface area contributed by atoms with Crippen molar-refractivity contribution in [2.45, 2.75) is 38.1 Å². The Bertz CT molecular complexity index is 747. The van der Waals surface area contributed by atoms with Crippen molar-refractivity contribution in [3.05, 3.63) is 58.3 Å². The minimum atomic E-state index is -0.210. The van der Waals surface area contributed by atoms with Gasteiger partial charge in [0.1, 0.15) is 0 Å². The SMILES string of the molecule is O=C(/C=C/c1cccs1)Nc1cccc(C(=O)NC2CCCCC2)c1. The Kier molecular flexibility index (Phi) is 6.01. The van der Waals surface area contributed by atoms with E-state index >= 15 is 0 Å². The molecule has 0 bridgehead atoms. The molecule has 1 heterocycles. The van der Waals surface area contributed by atoms with Crippen molar-refractivity contribution < 1.29 is 9.59 Å². The minimum absolute atomic E-state index is 0.0721. The highest BCUT2D eigenvalue weighted by atomic mass is 32.1. The van der Waals surface area contributed by atoms with Gasteiger partial charge in [0.15, 0.2) is 0 Å². The first kappa shape index (κ1) is 17.4. The van der Waals surface area contributed by atoms with Crippen molar-refractivity contribution in [3.63, 3.8) is 0 Å². The van der Waals surface area contributed by atoms with Gasteiger partial charge < -0.3 is 10.6 Å². The first-order valence-corrected chi connectivity index (χ1v) is 9.52. The Morgan fingerprint density at radius 2 is 1.92 bits per heavy atom. The molecule has 2 N–H and O–H groups in total. The van der Waals surface area contributed by atoms with E-state index < -0.39 is 0 Å². The van der Waals surface area contributed by atoms with Crippen LogP contribution in [0.25, 0.3) is 6.08 Å². The Balaban J connectivity index is 1.58. The molecule has 0 saturated heterocycles. The highest BCUT2D eigenvalue weighted by molar-refractivity contribution is 7.10. The molecule has 1 aliphatic carbocycles. The molecular formula is C20H22N2O2S. The molecule has 0 radical (unpaired) electrons. The van der Waals surface area contributed by atoms with Gasteiger partial charge in [-0.05, 0) is 48.6 Å². The lowest BCUT2D eigenvalue weighted by atomic mass is 9.95. The summed E-state index contributed by atoms with van der Waals surface area (Å²) in [5.74, 6) is -0.282. The van der Waals surface area contributed by atoms with Crippen LogP contribution in [0.4, 0.5) is 5.69 Å². The van der Waals surface area contributed by atoms with E-state index in [4.69, 9.17) is 0 Å². The molecule has 0 spiro atoms. The van der Waals surface area contributed by atoms with E-state index in [-0.39, 0.29) is 17.9 Å². The van der Waals surface area contributed by atoms with Crippen LogP contribution in [0.2, 0.25) is 0 Å². The van der Waals surface area contributed by atoms with Gasteiger partial charge in [-0.25, -0.2) is 0 Å². The highest BCUT2D eigenvalue weighted by Crippen LogP contribution is 2.18. The number of carbonyl (C=O) groups is 2. The first-order chi connectivity index (χ1) is 12.2. The van der Waals surface area contributed by atoms with Crippen LogP contribution in [-0.2, 0) is 4.79 Å². The van der Waals surface area contributed by atoms with Gasteiger partial charge in [-0.15, -0.1) is 11.3 Å². The number of amides is 2. The Hall–Kier alpha value is -2.40. The molecule has 1 fully saturated rings. The summed E-state index contributed by atoms with van der Waals surface area (Å²) < 4.78 is 0. The fraction of sp³-hybridized carbons (Fsp3) is 0.300. The zero-order valence-electron chi connectivity index (χ0n) is 14.0. The standard InChI is InChI=1S/C20H22N2O2S/c23-19(12-11-18-10-5-13-25-18)21-17-9-4-6-15(14-17)20(24)22-16-7-2-1-3-8-16/h4-6,9-14,16H,1-3,7-8H2,(H,21,23)(H,22,24)/b12-11+. The van der Waals surface area contributed by atoms with Gasteiger partial charge in [0.25, 0.3) is 5.91 Å². The summed E-state index contributed by atoms with van der Waals surface area (Å²) in [5.41, 5.74) is 1.20. The number of benzene rings is 1. The minimum Gasteiger partial charge on any atom is -0.349 e. The third-order valence-electron chi connectivity index (χ3n) is 4.27. The highest BCUT2D eigenvalue weighted by Gasteiger charge is 2.16. The lowest BCUT2D eigenvalue weighted by molar-refractivity contribution is -0.111. The number of carbonyl (C=O) groups excluding carboxylic acids is 2. The summed E-state index contributed by atoms with van der Waals surface area (Å²) in [6.45, 7) is 0. The molecule has 2 aromatic rings. The molecule has 130 valence electrons. The zero-order chi connectivity index (χ0) is 17.5. The quantitative estimate of drug-likeness (QED) is 0.779. The molecule has 25 heavy (non-hydrogen) atoms. The van der Waals surface area contributed by atoms with Crippen molar-refractivity contribution in [3.8, 4) is 0 Å². The number of anilines is 1. The molecular weight excluding hydrogens is 332 g/mol. The van der Waals surface area contributed by atoms with Gasteiger partial charge in [-0.1, -0.05) is 31.4 Å². The largest absolute Gasteiger partial charge is 0.349 e. The number of hydrogen-bond donors (Lipinski definition) is 2. The molecule has 1 aromatic carbocycles. The van der Waals surface area contributed by atoms with Gasteiger partial charge in [-0.2, -0.15) is 0 Å². The Morgan fingerprint density at radius 1 is 1.08 bits per heavy atom. The third kappa shape index (κ3) is 5.29. The first-order valence-electron chi connectivity index (χ1n) is 8.64. The fourth-order valence-electron chi connectivity index (χ4n) is 2.98. The van der Waals surface area contributed by atoms with Crippen molar-refractivity contribution in [2.75, 3.05) is 5.32 Å². The normalized spacial score (nSPS) is 15.2. The Morgan fingerprint density at radius 3 is 2.68 bits per heavy atom. The maximum Gasteiger partial charge on any atom is 0.251 e. The molecule has 1 saturated carbocycles. The van der Waals surface area contributed by atoms with Crippen LogP contribution in [0, 0.1) is 0 Å². The van der Waals surface area contributed by atoms with E-state index in [1.165, 1.54) is 25.3 Å². The van der Waals surface area contributed by atoms with Gasteiger partial charge >= 0.3 is 0 Å². The molecule has 4 nitrogen and oxygen atoms in total. The van der Waals surface area contributed by atoms with E-state index in [1.54, 1.807) is 41.7 Å². The number of hydrogen-bond acceptors (Lipinski definition) is 3. The van der Waals surface area contributed by atoms with Crippen molar-refractivity contribution in [1.82, 2.24) is 5.32 Å². The van der Waals surface area contributed by atoms with Gasteiger partial charge in [0.2, 0.25) is 5.91 Å². The van der Waals surface area contributed by atoms with Crippen molar-refractivity contribution >= 4 is 34.9 Å². The zero-order valence-corrected chi connectivity index (χ0v) is 14.9. The molecule has 2 amide bonds. The van der Waals surface area contributed by atoms with Crippen LogP contribution in [0.15, 0.2) is 47.9 Å². The summed E-state index contributed by atoms with van der Waals surface area (Å²) in [6.07, 6.45) is 8.99. The molecule has 1 aliphatic rings. The second-order valence-electron chi connectivity index (χ2n) is 6.23. The van der Waals surface area contributed by atoms with Crippen LogP contribution < -0.4 is 10.6 Å². The number of thiophene rings is 1. The number of rotatable bonds is 5. The van der Waals surface area contributed by atoms with Crippen molar-refractivity contribution in [2.24, 2.45) is 0 Å². The van der Waals surface area contributed by atoms with Crippen LogP contribution in [0.5, 0.6) is 0 Å². The van der Waals surface area contributed by atoms with E-state index in [2.05, 4.69) is 10.6 Å². The molecule has 1 aromatic heterocycles. The van der Waals surface area contributed by atoms with Gasteiger partial charge in [0.05, 0.1) is 0 Å². The third-order valence-corrected chi connectivity index (χ3v) is 5.11. The summed E-state index contributed by atoms with van der Waals surface area (Å²) in [4.78, 5) is 25.4. The average molecular weight is 354 g/mol. The predicted octanol–water partition coefficient (Wildman–Crippen LogP) is 4.46. The monoisotopic (exact) mass is 354 g/mol. The maximum atomic E-state index is 12.4. The second-order valence-corrected chi connectivity index (χ2v) is 7.21. The molecule has 0 atom stereocenters. The Labute approximate surface area is 152 Å². The summed E-state index contributed by atoms with van der Waals surface area (Å²) >= 11 is 1.57. The summed E-state index contributed by atoms with van der Waals surface area (Å²) in [7, 11) is 0. The van der Waals surface area contributed by atoms with Crippen LogP contribution in [0.1, 0.15) is 47.3 Å².